The van der Waals surface area contributed by atoms with E-state index in [4.69, 9.17) is 0 Å². The molecule has 0 saturated heterocycles. The zero-order valence-corrected chi connectivity index (χ0v) is 12.2. The van der Waals surface area contributed by atoms with Crippen LogP contribution in [0.1, 0.15) is 13.8 Å². The van der Waals surface area contributed by atoms with Gasteiger partial charge in [0.2, 0.25) is 5.91 Å². The van der Waals surface area contributed by atoms with Gasteiger partial charge in [-0.2, -0.15) is 5.26 Å². The van der Waals surface area contributed by atoms with Gasteiger partial charge in [0.15, 0.2) is 0 Å². The Labute approximate surface area is 115 Å². The van der Waals surface area contributed by atoms with Gasteiger partial charge in [-0.25, -0.2) is 0 Å². The monoisotopic (exact) mass is 307 g/mol. The highest BCUT2D eigenvalue weighted by Gasteiger charge is 2.37. The number of hydrogen-bond acceptors (Lipinski definition) is 3. The van der Waals surface area contributed by atoms with E-state index in [2.05, 4.69) is 22.0 Å². The molecule has 0 N–H and O–H groups in total. The number of halogens is 1. The molecule has 94 valence electrons. The van der Waals surface area contributed by atoms with Gasteiger partial charge in [0.05, 0.1) is 24.0 Å². The Morgan fingerprint density at radius 2 is 2.06 bits per heavy atom. The molecule has 2 rings (SSSR count). The fourth-order valence-corrected chi connectivity index (χ4v) is 2.50. The summed E-state index contributed by atoms with van der Waals surface area (Å²) in [5.41, 5.74) is 0.879. The lowest BCUT2D eigenvalue weighted by atomic mass is 10.0. The molecule has 1 amide bonds. The Balaban J connectivity index is 2.63. The van der Waals surface area contributed by atoms with Gasteiger partial charge in [-0.1, -0.05) is 15.9 Å². The second-order valence-electron chi connectivity index (χ2n) is 4.89. The third-order valence-electron chi connectivity index (χ3n) is 3.04. The highest BCUT2D eigenvalue weighted by molar-refractivity contribution is 9.10. The van der Waals surface area contributed by atoms with Crippen LogP contribution < -0.4 is 9.80 Å². The molecule has 0 atom stereocenters. The lowest BCUT2D eigenvalue weighted by Gasteiger charge is -2.41. The largest absolute Gasteiger partial charge is 0.364 e. The average Bonchev–Trinajstić information content (AvgIpc) is 2.28. The number of nitrogens with zero attached hydrogens (tertiary/aromatic N) is 3. The standard InChI is InChI=1S/C13H14BrN3O/c1-13(2,8-15)17-11-6-9(14)4-5-10(11)16(3)7-12(17)18/h4-6H,7H2,1-3H3. The van der Waals surface area contributed by atoms with E-state index in [0.717, 1.165) is 15.8 Å². The molecular weight excluding hydrogens is 294 g/mol. The molecule has 0 aromatic heterocycles. The summed E-state index contributed by atoms with van der Waals surface area (Å²) in [6.45, 7) is 3.79. The number of anilines is 2. The fraction of sp³-hybridized carbons (Fsp3) is 0.385. The number of hydrogen-bond donors (Lipinski definition) is 0. The number of likely N-dealkylation sites (N-methyl/N-ethyl adjacent to an activating group) is 1. The first-order chi connectivity index (χ1) is 8.36. The molecule has 0 aliphatic carbocycles. The summed E-state index contributed by atoms with van der Waals surface area (Å²) in [4.78, 5) is 15.7. The van der Waals surface area contributed by atoms with Gasteiger partial charge in [-0.05, 0) is 32.0 Å². The van der Waals surface area contributed by atoms with Crippen LogP contribution in [0, 0.1) is 11.3 Å². The molecule has 18 heavy (non-hydrogen) atoms. The molecule has 1 heterocycles. The van der Waals surface area contributed by atoms with Crippen LogP contribution >= 0.6 is 15.9 Å². The summed E-state index contributed by atoms with van der Waals surface area (Å²) >= 11 is 3.41. The molecule has 5 heteroatoms. The molecular formula is C13H14BrN3O. The number of carbonyl (C=O) groups excluding carboxylic acids is 1. The summed E-state index contributed by atoms with van der Waals surface area (Å²) in [6, 6.07) is 7.95. The van der Waals surface area contributed by atoms with Gasteiger partial charge in [0, 0.05) is 11.5 Å². The van der Waals surface area contributed by atoms with E-state index in [1.165, 1.54) is 0 Å². The molecule has 1 aromatic rings. The van der Waals surface area contributed by atoms with E-state index in [1.807, 2.05) is 30.1 Å². The minimum Gasteiger partial charge on any atom is -0.364 e. The van der Waals surface area contributed by atoms with Gasteiger partial charge in [0.25, 0.3) is 0 Å². The third kappa shape index (κ3) is 1.97. The van der Waals surface area contributed by atoms with Crippen molar-refractivity contribution >= 4 is 33.2 Å². The van der Waals surface area contributed by atoms with E-state index in [0.29, 0.717) is 6.54 Å². The SMILES string of the molecule is CN1CC(=O)N(C(C)(C)C#N)c2cc(Br)ccc21. The van der Waals surface area contributed by atoms with Gasteiger partial charge in [0.1, 0.15) is 5.54 Å². The van der Waals surface area contributed by atoms with E-state index in [9.17, 15) is 10.1 Å². The van der Waals surface area contributed by atoms with Crippen LogP contribution in [0.4, 0.5) is 11.4 Å². The Morgan fingerprint density at radius 1 is 1.39 bits per heavy atom. The first-order valence-corrected chi connectivity index (χ1v) is 6.41. The maximum atomic E-state index is 12.2. The third-order valence-corrected chi connectivity index (χ3v) is 3.54. The molecule has 1 aromatic carbocycles. The van der Waals surface area contributed by atoms with E-state index in [-0.39, 0.29) is 5.91 Å². The predicted molar refractivity (Wildman–Crippen MR) is 74.6 cm³/mol. The van der Waals surface area contributed by atoms with E-state index >= 15 is 0 Å². The van der Waals surface area contributed by atoms with Crippen LogP contribution in [0.2, 0.25) is 0 Å². The quantitative estimate of drug-likeness (QED) is 0.801. The zero-order valence-electron chi connectivity index (χ0n) is 10.6. The molecule has 1 aliphatic heterocycles. The van der Waals surface area contributed by atoms with E-state index < -0.39 is 5.54 Å². The Kier molecular flexibility index (Phi) is 3.07. The zero-order chi connectivity index (χ0) is 13.5. The number of nitriles is 1. The number of amides is 1. The van der Waals surface area contributed by atoms with Crippen molar-refractivity contribution in [3.05, 3.63) is 22.7 Å². The van der Waals surface area contributed by atoms with Crippen molar-refractivity contribution in [1.29, 1.82) is 5.26 Å². The van der Waals surface area contributed by atoms with Crippen molar-refractivity contribution in [2.75, 3.05) is 23.4 Å². The second kappa shape index (κ2) is 4.29. The number of fused-ring (bicyclic) bond motifs is 1. The molecule has 0 fully saturated rings. The van der Waals surface area contributed by atoms with Crippen LogP contribution in [0.25, 0.3) is 0 Å². The topological polar surface area (TPSA) is 47.3 Å². The maximum absolute atomic E-state index is 12.2. The van der Waals surface area contributed by atoms with Crippen molar-refractivity contribution in [2.45, 2.75) is 19.4 Å². The second-order valence-corrected chi connectivity index (χ2v) is 5.80. The molecule has 0 bridgehead atoms. The number of benzene rings is 1. The molecule has 0 spiro atoms. The van der Waals surface area contributed by atoms with Gasteiger partial charge in [-0.15, -0.1) is 0 Å². The Hall–Kier alpha value is -1.54. The lowest BCUT2D eigenvalue weighted by Crippen LogP contribution is -2.53. The molecule has 1 aliphatic rings. The van der Waals surface area contributed by atoms with Crippen LogP contribution in [0.15, 0.2) is 22.7 Å². The number of carbonyl (C=O) groups is 1. The van der Waals surface area contributed by atoms with Crippen molar-refractivity contribution in [1.82, 2.24) is 0 Å². The first kappa shape index (κ1) is 12.9. The predicted octanol–water partition coefficient (Wildman–Crippen LogP) is 2.53. The van der Waals surface area contributed by atoms with Crippen molar-refractivity contribution in [3.63, 3.8) is 0 Å². The van der Waals surface area contributed by atoms with E-state index in [1.54, 1.807) is 18.7 Å². The lowest BCUT2D eigenvalue weighted by molar-refractivity contribution is -0.118. The summed E-state index contributed by atoms with van der Waals surface area (Å²) in [5, 5.41) is 9.26. The smallest absolute Gasteiger partial charge is 0.247 e. The van der Waals surface area contributed by atoms with Crippen molar-refractivity contribution in [2.24, 2.45) is 0 Å². The van der Waals surface area contributed by atoms with Crippen molar-refractivity contribution < 1.29 is 4.79 Å². The van der Waals surface area contributed by atoms with Crippen LogP contribution in [-0.2, 0) is 4.79 Å². The van der Waals surface area contributed by atoms with Crippen LogP contribution in [0.3, 0.4) is 0 Å². The maximum Gasteiger partial charge on any atom is 0.247 e. The minimum atomic E-state index is -0.853. The summed E-state index contributed by atoms with van der Waals surface area (Å²) in [7, 11) is 1.88. The van der Waals surface area contributed by atoms with Gasteiger partial charge >= 0.3 is 0 Å². The Morgan fingerprint density at radius 3 is 2.67 bits per heavy atom. The molecule has 0 saturated carbocycles. The first-order valence-electron chi connectivity index (χ1n) is 5.62. The van der Waals surface area contributed by atoms with Gasteiger partial charge < -0.3 is 4.90 Å². The Bertz CT molecular complexity index is 548. The summed E-state index contributed by atoms with van der Waals surface area (Å²) in [6.07, 6.45) is 0. The highest BCUT2D eigenvalue weighted by atomic mass is 79.9. The highest BCUT2D eigenvalue weighted by Crippen LogP contribution is 2.38. The van der Waals surface area contributed by atoms with Gasteiger partial charge in [-0.3, -0.25) is 9.69 Å². The fourth-order valence-electron chi connectivity index (χ4n) is 2.15. The molecule has 0 radical (unpaired) electrons. The summed E-state index contributed by atoms with van der Waals surface area (Å²) in [5.74, 6) is -0.0605. The van der Waals surface area contributed by atoms with Crippen molar-refractivity contribution in [3.8, 4) is 6.07 Å². The number of rotatable bonds is 1. The molecule has 0 unspecified atom stereocenters. The van der Waals surface area contributed by atoms with Crippen LogP contribution in [0.5, 0.6) is 0 Å². The average molecular weight is 308 g/mol. The summed E-state index contributed by atoms with van der Waals surface area (Å²) < 4.78 is 0.892. The molecule has 4 nitrogen and oxygen atoms in total. The minimum absolute atomic E-state index is 0.0605. The normalized spacial score (nSPS) is 15.4. The van der Waals surface area contributed by atoms with Crippen LogP contribution in [-0.4, -0.2) is 25.0 Å².